The number of benzene rings is 1. The van der Waals surface area contributed by atoms with Gasteiger partial charge in [-0.3, -0.25) is 4.79 Å². The zero-order valence-electron chi connectivity index (χ0n) is 9.77. The van der Waals surface area contributed by atoms with Crippen molar-refractivity contribution in [2.24, 2.45) is 0 Å². The molecule has 0 bridgehead atoms. The van der Waals surface area contributed by atoms with Crippen LogP contribution in [0.25, 0.3) is 0 Å². The molecule has 17 heavy (non-hydrogen) atoms. The summed E-state index contributed by atoms with van der Waals surface area (Å²) in [6.45, 7) is 2.70. The molecule has 0 saturated carbocycles. The second-order valence-corrected chi connectivity index (χ2v) is 4.62. The predicted octanol–water partition coefficient (Wildman–Crippen LogP) is 3.95. The highest BCUT2D eigenvalue weighted by Gasteiger charge is 2.02. The standard InChI is InChI=1S/C14H15NOS/c1-2-14(16)12-3-5-13(6-4-12)15-9-11-7-8-17-10-11/h3-8,10,15H,2,9H2,1H3. The average molecular weight is 245 g/mol. The van der Waals surface area contributed by atoms with E-state index < -0.39 is 0 Å². The second kappa shape index (κ2) is 5.64. The summed E-state index contributed by atoms with van der Waals surface area (Å²) >= 11 is 1.70. The minimum Gasteiger partial charge on any atom is -0.381 e. The fraction of sp³-hybridized carbons (Fsp3) is 0.214. The number of hydrogen-bond donors (Lipinski definition) is 1. The third-order valence-corrected chi connectivity index (χ3v) is 3.34. The summed E-state index contributed by atoms with van der Waals surface area (Å²) in [5.74, 6) is 0.189. The number of carbonyl (C=O) groups excluding carboxylic acids is 1. The van der Waals surface area contributed by atoms with Gasteiger partial charge in [-0.05, 0) is 46.7 Å². The van der Waals surface area contributed by atoms with E-state index in [0.717, 1.165) is 17.8 Å². The van der Waals surface area contributed by atoms with E-state index >= 15 is 0 Å². The van der Waals surface area contributed by atoms with Crippen molar-refractivity contribution in [2.75, 3.05) is 5.32 Å². The number of nitrogens with one attached hydrogen (secondary N) is 1. The van der Waals surface area contributed by atoms with Crippen molar-refractivity contribution in [2.45, 2.75) is 19.9 Å². The summed E-state index contributed by atoms with van der Waals surface area (Å²) in [5, 5.41) is 7.52. The van der Waals surface area contributed by atoms with Gasteiger partial charge in [-0.1, -0.05) is 6.92 Å². The van der Waals surface area contributed by atoms with Crippen LogP contribution in [0.4, 0.5) is 5.69 Å². The van der Waals surface area contributed by atoms with Gasteiger partial charge in [0.1, 0.15) is 0 Å². The van der Waals surface area contributed by atoms with Crippen LogP contribution in [0, 0.1) is 0 Å². The molecule has 1 heterocycles. The molecule has 0 radical (unpaired) electrons. The molecule has 0 atom stereocenters. The molecule has 1 aromatic carbocycles. The fourth-order valence-electron chi connectivity index (χ4n) is 1.58. The van der Waals surface area contributed by atoms with Crippen molar-refractivity contribution in [1.82, 2.24) is 0 Å². The van der Waals surface area contributed by atoms with E-state index in [0.29, 0.717) is 6.42 Å². The first kappa shape index (κ1) is 11.9. The van der Waals surface area contributed by atoms with Crippen LogP contribution in [0.3, 0.4) is 0 Å². The number of carbonyl (C=O) groups is 1. The van der Waals surface area contributed by atoms with Gasteiger partial charge in [-0.25, -0.2) is 0 Å². The number of rotatable bonds is 5. The van der Waals surface area contributed by atoms with Crippen LogP contribution < -0.4 is 5.32 Å². The number of ketones is 1. The summed E-state index contributed by atoms with van der Waals surface area (Å²) in [5.41, 5.74) is 3.11. The molecule has 1 aromatic heterocycles. The van der Waals surface area contributed by atoms with Crippen LogP contribution >= 0.6 is 11.3 Å². The van der Waals surface area contributed by atoms with E-state index in [2.05, 4.69) is 22.1 Å². The zero-order valence-corrected chi connectivity index (χ0v) is 10.6. The average Bonchev–Trinajstić information content (AvgIpc) is 2.89. The molecular weight excluding hydrogens is 230 g/mol. The van der Waals surface area contributed by atoms with E-state index in [4.69, 9.17) is 0 Å². The molecule has 3 heteroatoms. The molecule has 2 aromatic rings. The van der Waals surface area contributed by atoms with Gasteiger partial charge in [0.05, 0.1) is 0 Å². The molecule has 0 saturated heterocycles. The summed E-state index contributed by atoms with van der Waals surface area (Å²) in [6, 6.07) is 9.76. The monoisotopic (exact) mass is 245 g/mol. The van der Waals surface area contributed by atoms with Gasteiger partial charge in [0.2, 0.25) is 0 Å². The highest BCUT2D eigenvalue weighted by Crippen LogP contribution is 2.13. The van der Waals surface area contributed by atoms with Gasteiger partial charge in [0, 0.05) is 24.2 Å². The van der Waals surface area contributed by atoms with Crippen LogP contribution in [-0.4, -0.2) is 5.78 Å². The highest BCUT2D eigenvalue weighted by atomic mass is 32.1. The summed E-state index contributed by atoms with van der Waals surface area (Å²) in [4.78, 5) is 11.5. The van der Waals surface area contributed by atoms with E-state index in [-0.39, 0.29) is 5.78 Å². The lowest BCUT2D eigenvalue weighted by molar-refractivity contribution is 0.0988. The van der Waals surface area contributed by atoms with Crippen molar-refractivity contribution < 1.29 is 4.79 Å². The third kappa shape index (κ3) is 3.17. The summed E-state index contributed by atoms with van der Waals surface area (Å²) in [6.07, 6.45) is 0.557. The molecule has 0 aliphatic heterocycles. The van der Waals surface area contributed by atoms with Crippen LogP contribution in [0.15, 0.2) is 41.1 Å². The Morgan fingerprint density at radius 2 is 2.00 bits per heavy atom. The Balaban J connectivity index is 1.96. The van der Waals surface area contributed by atoms with Gasteiger partial charge in [0.25, 0.3) is 0 Å². The number of thiophene rings is 1. The van der Waals surface area contributed by atoms with Crippen LogP contribution in [-0.2, 0) is 6.54 Å². The molecular formula is C14H15NOS. The lowest BCUT2D eigenvalue weighted by Gasteiger charge is -2.05. The molecule has 2 nitrogen and oxygen atoms in total. The lowest BCUT2D eigenvalue weighted by atomic mass is 10.1. The number of Topliss-reactive ketones (excluding diaryl/α,β-unsaturated/α-hetero) is 1. The van der Waals surface area contributed by atoms with Crippen molar-refractivity contribution in [3.8, 4) is 0 Å². The van der Waals surface area contributed by atoms with E-state index in [1.54, 1.807) is 11.3 Å². The largest absolute Gasteiger partial charge is 0.381 e. The van der Waals surface area contributed by atoms with Gasteiger partial charge >= 0.3 is 0 Å². The topological polar surface area (TPSA) is 29.1 Å². The molecule has 88 valence electrons. The molecule has 0 amide bonds. The SMILES string of the molecule is CCC(=O)c1ccc(NCc2ccsc2)cc1. The molecule has 2 rings (SSSR count). The van der Waals surface area contributed by atoms with Gasteiger partial charge in [-0.15, -0.1) is 0 Å². The Labute approximate surface area is 105 Å². The fourth-order valence-corrected chi connectivity index (χ4v) is 2.24. The first-order valence-corrected chi connectivity index (χ1v) is 6.62. The molecule has 0 spiro atoms. The maximum Gasteiger partial charge on any atom is 0.162 e. The minimum absolute atomic E-state index is 0.189. The third-order valence-electron chi connectivity index (χ3n) is 2.60. The normalized spacial score (nSPS) is 10.2. The Hall–Kier alpha value is -1.61. The first-order chi connectivity index (χ1) is 8.29. The van der Waals surface area contributed by atoms with Crippen molar-refractivity contribution >= 4 is 22.8 Å². The summed E-state index contributed by atoms with van der Waals surface area (Å²) < 4.78 is 0. The first-order valence-electron chi connectivity index (χ1n) is 5.68. The van der Waals surface area contributed by atoms with Crippen LogP contribution in [0.5, 0.6) is 0 Å². The molecule has 0 aliphatic rings. The minimum atomic E-state index is 0.189. The van der Waals surface area contributed by atoms with E-state index in [1.807, 2.05) is 31.2 Å². The van der Waals surface area contributed by atoms with E-state index in [9.17, 15) is 4.79 Å². The Morgan fingerprint density at radius 1 is 1.24 bits per heavy atom. The zero-order chi connectivity index (χ0) is 12.1. The van der Waals surface area contributed by atoms with Crippen molar-refractivity contribution in [3.63, 3.8) is 0 Å². The number of anilines is 1. The summed E-state index contributed by atoms with van der Waals surface area (Å²) in [7, 11) is 0. The Morgan fingerprint density at radius 3 is 2.59 bits per heavy atom. The Kier molecular flexibility index (Phi) is 3.94. The number of hydrogen-bond acceptors (Lipinski definition) is 3. The maximum atomic E-state index is 11.5. The van der Waals surface area contributed by atoms with E-state index in [1.165, 1.54) is 5.56 Å². The Bertz CT molecular complexity index is 473. The van der Waals surface area contributed by atoms with Gasteiger partial charge in [0.15, 0.2) is 5.78 Å². The predicted molar refractivity (Wildman–Crippen MR) is 72.7 cm³/mol. The van der Waals surface area contributed by atoms with Crippen molar-refractivity contribution in [1.29, 1.82) is 0 Å². The molecule has 0 unspecified atom stereocenters. The highest BCUT2D eigenvalue weighted by molar-refractivity contribution is 7.07. The van der Waals surface area contributed by atoms with Crippen molar-refractivity contribution in [3.05, 3.63) is 52.2 Å². The maximum absolute atomic E-state index is 11.5. The quantitative estimate of drug-likeness (QED) is 0.808. The molecule has 0 fully saturated rings. The van der Waals surface area contributed by atoms with Gasteiger partial charge < -0.3 is 5.32 Å². The smallest absolute Gasteiger partial charge is 0.162 e. The lowest BCUT2D eigenvalue weighted by Crippen LogP contribution is -2.00. The van der Waals surface area contributed by atoms with Crippen LogP contribution in [0.1, 0.15) is 29.3 Å². The second-order valence-electron chi connectivity index (χ2n) is 3.84. The van der Waals surface area contributed by atoms with Gasteiger partial charge in [-0.2, -0.15) is 11.3 Å². The van der Waals surface area contributed by atoms with Crippen LogP contribution in [0.2, 0.25) is 0 Å². The molecule has 1 N–H and O–H groups in total. The molecule has 0 aliphatic carbocycles.